The molecule has 1 N–H and O–H groups in total. The first-order valence-corrected chi connectivity index (χ1v) is 7.23. The summed E-state index contributed by atoms with van der Waals surface area (Å²) < 4.78 is 5.54. The second-order valence-electron chi connectivity index (χ2n) is 6.04. The molecular weight excluding hydrogens is 212 g/mol. The van der Waals surface area contributed by atoms with Crippen molar-refractivity contribution in [3.63, 3.8) is 0 Å². The molecule has 1 saturated heterocycles. The third-order valence-electron chi connectivity index (χ3n) is 4.02. The number of morpholine rings is 1. The lowest BCUT2D eigenvalue weighted by molar-refractivity contribution is 0.0566. The van der Waals surface area contributed by atoms with Crippen molar-refractivity contribution in [3.8, 4) is 0 Å². The monoisotopic (exact) mass is 240 g/mol. The number of nitrogens with one attached hydrogen (secondary N) is 1. The molecule has 1 saturated carbocycles. The van der Waals surface area contributed by atoms with E-state index in [1.807, 2.05) is 0 Å². The maximum absolute atomic E-state index is 5.54. The van der Waals surface area contributed by atoms with Crippen LogP contribution in [0.5, 0.6) is 0 Å². The van der Waals surface area contributed by atoms with Gasteiger partial charge in [0.25, 0.3) is 0 Å². The van der Waals surface area contributed by atoms with Crippen molar-refractivity contribution < 1.29 is 4.74 Å². The molecule has 1 heterocycles. The molecule has 0 aromatic carbocycles. The highest BCUT2D eigenvalue weighted by Gasteiger charge is 2.29. The molecule has 3 nitrogen and oxygen atoms in total. The standard InChI is InChI=1S/C14H28N2O/c1-11(2)16(9-13-4-5-13)12(3)8-14-10-17-7-6-15-14/h11-15H,4-10H2,1-3H3. The SMILES string of the molecule is CC(C)N(CC1CC1)C(C)CC1COCCN1. The van der Waals surface area contributed by atoms with Gasteiger partial charge in [0, 0.05) is 31.2 Å². The molecule has 0 bridgehead atoms. The van der Waals surface area contributed by atoms with Gasteiger partial charge in [-0.3, -0.25) is 4.90 Å². The molecule has 0 radical (unpaired) electrons. The zero-order valence-electron chi connectivity index (χ0n) is 11.6. The Labute approximate surface area is 106 Å². The quantitative estimate of drug-likeness (QED) is 0.767. The molecule has 2 unspecified atom stereocenters. The molecule has 2 atom stereocenters. The summed E-state index contributed by atoms with van der Waals surface area (Å²) >= 11 is 0. The second-order valence-corrected chi connectivity index (χ2v) is 6.04. The smallest absolute Gasteiger partial charge is 0.0620 e. The topological polar surface area (TPSA) is 24.5 Å². The van der Waals surface area contributed by atoms with E-state index in [-0.39, 0.29) is 0 Å². The first-order valence-electron chi connectivity index (χ1n) is 7.23. The van der Waals surface area contributed by atoms with Crippen LogP contribution in [0.4, 0.5) is 0 Å². The maximum atomic E-state index is 5.54. The molecule has 3 heteroatoms. The largest absolute Gasteiger partial charge is 0.379 e. The maximum Gasteiger partial charge on any atom is 0.0620 e. The zero-order chi connectivity index (χ0) is 12.3. The Morgan fingerprint density at radius 1 is 1.29 bits per heavy atom. The molecule has 100 valence electrons. The number of hydrogen-bond acceptors (Lipinski definition) is 3. The lowest BCUT2D eigenvalue weighted by atomic mass is 10.0. The highest BCUT2D eigenvalue weighted by Crippen LogP contribution is 2.31. The van der Waals surface area contributed by atoms with Gasteiger partial charge in [0.1, 0.15) is 0 Å². The van der Waals surface area contributed by atoms with Crippen LogP contribution >= 0.6 is 0 Å². The van der Waals surface area contributed by atoms with E-state index in [4.69, 9.17) is 4.74 Å². The molecule has 0 amide bonds. The van der Waals surface area contributed by atoms with Crippen LogP contribution in [0, 0.1) is 5.92 Å². The van der Waals surface area contributed by atoms with Crippen LogP contribution in [-0.2, 0) is 4.74 Å². The predicted octanol–water partition coefficient (Wildman–Crippen LogP) is 1.87. The Bertz CT molecular complexity index is 222. The summed E-state index contributed by atoms with van der Waals surface area (Å²) in [5, 5.41) is 3.56. The molecule has 0 spiro atoms. The highest BCUT2D eigenvalue weighted by atomic mass is 16.5. The van der Waals surface area contributed by atoms with Gasteiger partial charge in [-0.1, -0.05) is 0 Å². The average molecular weight is 240 g/mol. The van der Waals surface area contributed by atoms with E-state index in [1.165, 1.54) is 25.8 Å². The van der Waals surface area contributed by atoms with Gasteiger partial charge < -0.3 is 10.1 Å². The van der Waals surface area contributed by atoms with E-state index < -0.39 is 0 Å². The minimum absolute atomic E-state index is 0.555. The van der Waals surface area contributed by atoms with Crippen molar-refractivity contribution in [1.82, 2.24) is 10.2 Å². The normalized spacial score (nSPS) is 27.7. The summed E-state index contributed by atoms with van der Waals surface area (Å²) in [5.74, 6) is 0.982. The van der Waals surface area contributed by atoms with Crippen LogP contribution in [0.1, 0.15) is 40.0 Å². The van der Waals surface area contributed by atoms with E-state index in [2.05, 4.69) is 31.0 Å². The van der Waals surface area contributed by atoms with Gasteiger partial charge in [-0.05, 0) is 46.0 Å². The van der Waals surface area contributed by atoms with Gasteiger partial charge in [-0.2, -0.15) is 0 Å². The Kier molecular flexibility index (Phi) is 4.83. The lowest BCUT2D eigenvalue weighted by Crippen LogP contribution is -2.48. The first kappa shape index (κ1) is 13.3. The average Bonchev–Trinajstić information content (AvgIpc) is 3.10. The van der Waals surface area contributed by atoms with Crippen molar-refractivity contribution in [2.24, 2.45) is 5.92 Å². The van der Waals surface area contributed by atoms with Crippen LogP contribution in [0.2, 0.25) is 0 Å². The first-order chi connectivity index (χ1) is 8.16. The fourth-order valence-corrected chi connectivity index (χ4v) is 2.82. The summed E-state index contributed by atoms with van der Waals surface area (Å²) in [6.07, 6.45) is 4.10. The molecule has 2 fully saturated rings. The summed E-state index contributed by atoms with van der Waals surface area (Å²) in [6, 6.07) is 1.88. The van der Waals surface area contributed by atoms with E-state index in [0.29, 0.717) is 18.1 Å². The van der Waals surface area contributed by atoms with Gasteiger partial charge >= 0.3 is 0 Å². The van der Waals surface area contributed by atoms with E-state index in [9.17, 15) is 0 Å². The number of hydrogen-bond donors (Lipinski definition) is 1. The van der Waals surface area contributed by atoms with Crippen LogP contribution in [0.3, 0.4) is 0 Å². The van der Waals surface area contributed by atoms with Crippen molar-refractivity contribution in [3.05, 3.63) is 0 Å². The molecule has 0 aromatic heterocycles. The Morgan fingerprint density at radius 3 is 2.59 bits per heavy atom. The van der Waals surface area contributed by atoms with Gasteiger partial charge in [0.05, 0.1) is 13.2 Å². The molecule has 2 rings (SSSR count). The van der Waals surface area contributed by atoms with Crippen LogP contribution in [0.25, 0.3) is 0 Å². The van der Waals surface area contributed by atoms with E-state index in [1.54, 1.807) is 0 Å². The fourth-order valence-electron chi connectivity index (χ4n) is 2.82. The fraction of sp³-hybridized carbons (Fsp3) is 1.00. The molecule has 0 aromatic rings. The predicted molar refractivity (Wildman–Crippen MR) is 71.3 cm³/mol. The molecular formula is C14H28N2O. The van der Waals surface area contributed by atoms with E-state index in [0.717, 1.165) is 25.7 Å². The zero-order valence-corrected chi connectivity index (χ0v) is 11.6. The lowest BCUT2D eigenvalue weighted by Gasteiger charge is -2.36. The number of rotatable bonds is 6. The van der Waals surface area contributed by atoms with Crippen LogP contribution in [0.15, 0.2) is 0 Å². The van der Waals surface area contributed by atoms with Gasteiger partial charge in [0.2, 0.25) is 0 Å². The Balaban J connectivity index is 1.79. The Hall–Kier alpha value is -0.120. The number of ether oxygens (including phenoxy) is 1. The summed E-state index contributed by atoms with van der Waals surface area (Å²) in [7, 11) is 0. The summed E-state index contributed by atoms with van der Waals surface area (Å²) in [4.78, 5) is 2.67. The molecule has 2 aliphatic rings. The number of nitrogens with zero attached hydrogens (tertiary/aromatic N) is 1. The van der Waals surface area contributed by atoms with Crippen LogP contribution in [-0.4, -0.2) is 49.3 Å². The van der Waals surface area contributed by atoms with Gasteiger partial charge in [0.15, 0.2) is 0 Å². The van der Waals surface area contributed by atoms with Gasteiger partial charge in [-0.15, -0.1) is 0 Å². The minimum atomic E-state index is 0.555. The Morgan fingerprint density at radius 2 is 2.06 bits per heavy atom. The minimum Gasteiger partial charge on any atom is -0.379 e. The van der Waals surface area contributed by atoms with Crippen molar-refractivity contribution in [2.75, 3.05) is 26.3 Å². The molecule has 1 aliphatic heterocycles. The third-order valence-corrected chi connectivity index (χ3v) is 4.02. The third kappa shape index (κ3) is 4.23. The summed E-state index contributed by atoms with van der Waals surface area (Å²) in [6.45, 7) is 11.1. The van der Waals surface area contributed by atoms with E-state index >= 15 is 0 Å². The highest BCUT2D eigenvalue weighted by molar-refractivity contribution is 4.84. The van der Waals surface area contributed by atoms with Gasteiger partial charge in [-0.25, -0.2) is 0 Å². The molecule has 1 aliphatic carbocycles. The van der Waals surface area contributed by atoms with Crippen molar-refractivity contribution in [1.29, 1.82) is 0 Å². The second kappa shape index (κ2) is 6.17. The summed E-state index contributed by atoms with van der Waals surface area (Å²) in [5.41, 5.74) is 0. The van der Waals surface area contributed by atoms with Crippen LogP contribution < -0.4 is 5.32 Å². The molecule has 17 heavy (non-hydrogen) atoms. The van der Waals surface area contributed by atoms with Crippen molar-refractivity contribution >= 4 is 0 Å². The van der Waals surface area contributed by atoms with Crippen molar-refractivity contribution in [2.45, 2.75) is 58.2 Å².